The van der Waals surface area contributed by atoms with E-state index in [4.69, 9.17) is 0 Å². The van der Waals surface area contributed by atoms with E-state index in [1.54, 1.807) is 10.4 Å². The zero-order valence-corrected chi connectivity index (χ0v) is 15.3. The molecule has 21 heavy (non-hydrogen) atoms. The van der Waals surface area contributed by atoms with Crippen molar-refractivity contribution in [3.63, 3.8) is 0 Å². The Kier molecular flexibility index (Phi) is 11.9. The van der Waals surface area contributed by atoms with Gasteiger partial charge in [-0.05, 0) is 42.7 Å². The standard InChI is InChI=1S/C20H36S/c1-3-5-7-8-9-10-11-12-13-14-16-20-19(15-6-4-2)17-18-21-20/h17-18H,3-16H2,1-2H3. The molecule has 0 spiro atoms. The molecular formula is C20H36S. The molecule has 0 aliphatic heterocycles. The third kappa shape index (κ3) is 9.34. The highest BCUT2D eigenvalue weighted by molar-refractivity contribution is 7.10. The molecule has 0 bridgehead atoms. The minimum Gasteiger partial charge on any atom is -0.149 e. The Balaban J connectivity index is 1.95. The molecule has 1 rings (SSSR count). The van der Waals surface area contributed by atoms with Gasteiger partial charge in [0.05, 0.1) is 0 Å². The SMILES string of the molecule is CCCCCCCCCCCCc1sccc1CCCC. The van der Waals surface area contributed by atoms with E-state index in [0.717, 1.165) is 0 Å². The minimum atomic E-state index is 1.30. The van der Waals surface area contributed by atoms with Crippen molar-refractivity contribution < 1.29 is 0 Å². The van der Waals surface area contributed by atoms with Crippen molar-refractivity contribution in [2.24, 2.45) is 0 Å². The van der Waals surface area contributed by atoms with Crippen LogP contribution >= 0.6 is 11.3 Å². The summed E-state index contributed by atoms with van der Waals surface area (Å²) in [4.78, 5) is 1.67. The molecule has 1 heteroatoms. The molecule has 0 atom stereocenters. The monoisotopic (exact) mass is 308 g/mol. The molecule has 0 N–H and O–H groups in total. The van der Waals surface area contributed by atoms with E-state index in [0.29, 0.717) is 0 Å². The lowest BCUT2D eigenvalue weighted by Gasteiger charge is -2.04. The maximum absolute atomic E-state index is 2.35. The van der Waals surface area contributed by atoms with Crippen LogP contribution in [0.3, 0.4) is 0 Å². The van der Waals surface area contributed by atoms with Crippen LogP contribution in [0.5, 0.6) is 0 Å². The molecule has 1 aromatic rings. The molecule has 1 heterocycles. The first-order chi connectivity index (χ1) is 10.4. The highest BCUT2D eigenvalue weighted by atomic mass is 32.1. The number of unbranched alkanes of at least 4 members (excludes halogenated alkanes) is 10. The minimum absolute atomic E-state index is 1.30. The number of hydrogen-bond acceptors (Lipinski definition) is 1. The first kappa shape index (κ1) is 18.7. The van der Waals surface area contributed by atoms with Crippen molar-refractivity contribution >= 4 is 11.3 Å². The Morgan fingerprint density at radius 1 is 0.667 bits per heavy atom. The van der Waals surface area contributed by atoms with Gasteiger partial charge in [0.15, 0.2) is 0 Å². The summed E-state index contributed by atoms with van der Waals surface area (Å²) in [5, 5.41) is 2.29. The van der Waals surface area contributed by atoms with Gasteiger partial charge in [0, 0.05) is 4.88 Å². The number of thiophene rings is 1. The molecule has 0 amide bonds. The third-order valence-corrected chi connectivity index (χ3v) is 5.42. The van der Waals surface area contributed by atoms with E-state index >= 15 is 0 Å². The van der Waals surface area contributed by atoms with Crippen LogP contribution < -0.4 is 0 Å². The zero-order chi connectivity index (χ0) is 15.2. The topological polar surface area (TPSA) is 0 Å². The number of rotatable bonds is 14. The van der Waals surface area contributed by atoms with Gasteiger partial charge in [0.1, 0.15) is 0 Å². The van der Waals surface area contributed by atoms with Gasteiger partial charge < -0.3 is 0 Å². The smallest absolute Gasteiger partial charge is 0.00772 e. The summed E-state index contributed by atoms with van der Waals surface area (Å²) in [6.07, 6.45) is 19.7. The molecule has 0 saturated heterocycles. The first-order valence-electron chi connectivity index (χ1n) is 9.43. The highest BCUT2D eigenvalue weighted by Gasteiger charge is 2.03. The quantitative estimate of drug-likeness (QED) is 0.311. The summed E-state index contributed by atoms with van der Waals surface area (Å²) < 4.78 is 0. The Labute approximate surface area is 137 Å². The largest absolute Gasteiger partial charge is 0.149 e. The van der Waals surface area contributed by atoms with Gasteiger partial charge in [0.25, 0.3) is 0 Å². The molecule has 0 aliphatic carbocycles. The molecule has 122 valence electrons. The molecule has 0 aromatic carbocycles. The van der Waals surface area contributed by atoms with Crippen molar-refractivity contribution in [3.05, 3.63) is 21.9 Å². The van der Waals surface area contributed by atoms with Gasteiger partial charge in [-0.15, -0.1) is 11.3 Å². The van der Waals surface area contributed by atoms with Crippen molar-refractivity contribution in [1.29, 1.82) is 0 Å². The maximum Gasteiger partial charge on any atom is 0.00772 e. The third-order valence-electron chi connectivity index (χ3n) is 4.39. The molecule has 0 aliphatic rings. The van der Waals surface area contributed by atoms with Gasteiger partial charge in [0.2, 0.25) is 0 Å². The Bertz CT molecular complexity index is 326. The first-order valence-corrected chi connectivity index (χ1v) is 10.3. The second-order valence-electron chi connectivity index (χ2n) is 6.40. The average molecular weight is 309 g/mol. The highest BCUT2D eigenvalue weighted by Crippen LogP contribution is 2.22. The van der Waals surface area contributed by atoms with E-state index in [1.807, 2.05) is 11.3 Å². The van der Waals surface area contributed by atoms with Crippen molar-refractivity contribution in [3.8, 4) is 0 Å². The van der Waals surface area contributed by atoms with Crippen LogP contribution in [0.15, 0.2) is 11.4 Å². The van der Waals surface area contributed by atoms with Crippen LogP contribution in [-0.2, 0) is 12.8 Å². The van der Waals surface area contributed by atoms with Gasteiger partial charge in [-0.2, -0.15) is 0 Å². The normalized spacial score (nSPS) is 11.1. The van der Waals surface area contributed by atoms with Crippen LogP contribution in [0.1, 0.15) is 101 Å². The summed E-state index contributed by atoms with van der Waals surface area (Å²) in [6, 6.07) is 2.35. The molecule has 0 fully saturated rings. The van der Waals surface area contributed by atoms with E-state index in [-0.39, 0.29) is 0 Å². The summed E-state index contributed by atoms with van der Waals surface area (Å²) in [6.45, 7) is 4.58. The predicted molar refractivity (Wildman–Crippen MR) is 98.5 cm³/mol. The fourth-order valence-electron chi connectivity index (χ4n) is 2.95. The van der Waals surface area contributed by atoms with E-state index in [9.17, 15) is 0 Å². The molecule has 1 aromatic heterocycles. The number of hydrogen-bond donors (Lipinski definition) is 0. The summed E-state index contributed by atoms with van der Waals surface area (Å²) in [7, 11) is 0. The zero-order valence-electron chi connectivity index (χ0n) is 14.5. The van der Waals surface area contributed by atoms with Gasteiger partial charge in [-0.1, -0.05) is 78.1 Å². The summed E-state index contributed by atoms with van der Waals surface area (Å²) >= 11 is 1.98. The van der Waals surface area contributed by atoms with Gasteiger partial charge in [-0.3, -0.25) is 0 Å². The van der Waals surface area contributed by atoms with E-state index in [1.165, 1.54) is 89.9 Å². The average Bonchev–Trinajstić information content (AvgIpc) is 2.94. The lowest BCUT2D eigenvalue weighted by Crippen LogP contribution is -1.90. The van der Waals surface area contributed by atoms with E-state index in [2.05, 4.69) is 25.3 Å². The fourth-order valence-corrected chi connectivity index (χ4v) is 3.93. The van der Waals surface area contributed by atoms with Crippen LogP contribution in [0.25, 0.3) is 0 Å². The van der Waals surface area contributed by atoms with Crippen LogP contribution in [0.2, 0.25) is 0 Å². The van der Waals surface area contributed by atoms with Crippen molar-refractivity contribution in [2.75, 3.05) is 0 Å². The predicted octanol–water partition coefficient (Wildman–Crippen LogP) is 7.55. The van der Waals surface area contributed by atoms with Crippen LogP contribution in [0, 0.1) is 0 Å². The lowest BCUT2D eigenvalue weighted by atomic mass is 10.0. The fraction of sp³-hybridized carbons (Fsp3) is 0.800. The molecule has 0 unspecified atom stereocenters. The van der Waals surface area contributed by atoms with Crippen molar-refractivity contribution in [2.45, 2.75) is 104 Å². The van der Waals surface area contributed by atoms with E-state index < -0.39 is 0 Å². The molecule has 0 nitrogen and oxygen atoms in total. The summed E-state index contributed by atoms with van der Waals surface area (Å²) in [5.74, 6) is 0. The second-order valence-corrected chi connectivity index (χ2v) is 7.41. The number of aryl methyl sites for hydroxylation is 2. The van der Waals surface area contributed by atoms with Gasteiger partial charge in [-0.25, -0.2) is 0 Å². The molecule has 0 radical (unpaired) electrons. The Hall–Kier alpha value is -0.300. The van der Waals surface area contributed by atoms with Crippen LogP contribution in [-0.4, -0.2) is 0 Å². The molecule has 0 saturated carbocycles. The lowest BCUT2D eigenvalue weighted by molar-refractivity contribution is 0.556. The van der Waals surface area contributed by atoms with Crippen molar-refractivity contribution in [1.82, 2.24) is 0 Å². The van der Waals surface area contributed by atoms with Gasteiger partial charge >= 0.3 is 0 Å². The maximum atomic E-state index is 2.35. The Morgan fingerprint density at radius 2 is 1.24 bits per heavy atom. The Morgan fingerprint density at radius 3 is 1.86 bits per heavy atom. The molecular weight excluding hydrogens is 272 g/mol. The second kappa shape index (κ2) is 13.4. The van der Waals surface area contributed by atoms with Crippen LogP contribution in [0.4, 0.5) is 0 Å². The summed E-state index contributed by atoms with van der Waals surface area (Å²) in [5.41, 5.74) is 1.64.